The summed E-state index contributed by atoms with van der Waals surface area (Å²) in [6.45, 7) is 3.20. The highest BCUT2D eigenvalue weighted by atomic mass is 19.4. The zero-order chi connectivity index (χ0) is 27.1. The molecule has 4 rings (SSSR count). The van der Waals surface area contributed by atoms with Gasteiger partial charge in [-0.1, -0.05) is 30.3 Å². The quantitative estimate of drug-likeness (QED) is 0.258. The number of hydrogen-bond acceptors (Lipinski definition) is 2. The lowest BCUT2D eigenvalue weighted by molar-refractivity contribution is -0.143. The molecule has 0 aliphatic carbocycles. The van der Waals surface area contributed by atoms with Crippen LogP contribution in [-0.2, 0) is 17.1 Å². The average Bonchev–Trinajstić information content (AvgIpc) is 2.86. The lowest BCUT2D eigenvalue weighted by atomic mass is 9.92. The van der Waals surface area contributed by atoms with Crippen LogP contribution in [0.3, 0.4) is 0 Å². The van der Waals surface area contributed by atoms with Crippen LogP contribution in [0.4, 0.5) is 32.0 Å². The fourth-order valence-corrected chi connectivity index (χ4v) is 4.34. The molecule has 0 spiro atoms. The SMILES string of the molecule is Cc1ccccc1-c1c(N(C)C(=O)C(C)c2cc(C(F)(F)F)cc(C(F)(F)F)c2)ccc2ncccc12. The van der Waals surface area contributed by atoms with E-state index in [0.29, 0.717) is 28.9 Å². The van der Waals surface area contributed by atoms with Crippen molar-refractivity contribution >= 4 is 22.5 Å². The van der Waals surface area contributed by atoms with Gasteiger partial charge >= 0.3 is 12.4 Å². The van der Waals surface area contributed by atoms with Crippen molar-refractivity contribution in [3.63, 3.8) is 0 Å². The van der Waals surface area contributed by atoms with Gasteiger partial charge in [0.15, 0.2) is 0 Å². The van der Waals surface area contributed by atoms with Gasteiger partial charge in [-0.3, -0.25) is 9.78 Å². The Balaban J connectivity index is 1.83. The second kappa shape index (κ2) is 9.53. The van der Waals surface area contributed by atoms with Crippen molar-refractivity contribution in [1.82, 2.24) is 4.98 Å². The molecule has 192 valence electrons. The van der Waals surface area contributed by atoms with E-state index in [4.69, 9.17) is 0 Å². The summed E-state index contributed by atoms with van der Waals surface area (Å²) in [5, 5.41) is 0.750. The van der Waals surface area contributed by atoms with Gasteiger partial charge in [0.2, 0.25) is 5.91 Å². The van der Waals surface area contributed by atoms with Crippen molar-refractivity contribution in [2.45, 2.75) is 32.1 Å². The third kappa shape index (κ3) is 5.16. The number of fused-ring (bicyclic) bond motifs is 1. The molecular formula is C28H22F6N2O. The number of anilines is 1. The highest BCUT2D eigenvalue weighted by Gasteiger charge is 2.38. The molecule has 1 atom stereocenters. The fourth-order valence-electron chi connectivity index (χ4n) is 4.34. The normalized spacial score (nSPS) is 13.0. The molecule has 0 aliphatic heterocycles. The largest absolute Gasteiger partial charge is 0.416 e. The summed E-state index contributed by atoms with van der Waals surface area (Å²) in [5.74, 6) is -1.95. The molecule has 0 saturated carbocycles. The molecule has 0 bridgehead atoms. The number of halogens is 6. The summed E-state index contributed by atoms with van der Waals surface area (Å²) >= 11 is 0. The molecule has 37 heavy (non-hydrogen) atoms. The first kappa shape index (κ1) is 26.2. The summed E-state index contributed by atoms with van der Waals surface area (Å²) < 4.78 is 80.3. The van der Waals surface area contributed by atoms with Gasteiger partial charge in [0.05, 0.1) is 28.2 Å². The highest BCUT2D eigenvalue weighted by molar-refractivity contribution is 6.08. The second-order valence-corrected chi connectivity index (χ2v) is 8.80. The Morgan fingerprint density at radius 3 is 2.08 bits per heavy atom. The molecule has 1 heterocycles. The van der Waals surface area contributed by atoms with E-state index in [1.165, 1.54) is 18.9 Å². The molecule has 0 fully saturated rings. The minimum atomic E-state index is -5.01. The molecule has 0 saturated heterocycles. The van der Waals surface area contributed by atoms with Crippen LogP contribution in [0, 0.1) is 6.92 Å². The lowest BCUT2D eigenvalue weighted by Crippen LogP contribution is -2.31. The predicted molar refractivity (Wildman–Crippen MR) is 130 cm³/mol. The first-order valence-electron chi connectivity index (χ1n) is 11.3. The number of amides is 1. The molecule has 3 nitrogen and oxygen atoms in total. The summed E-state index contributed by atoms with van der Waals surface area (Å²) in [4.78, 5) is 19.2. The van der Waals surface area contributed by atoms with E-state index in [2.05, 4.69) is 4.98 Å². The number of carbonyl (C=O) groups is 1. The number of pyridine rings is 1. The van der Waals surface area contributed by atoms with Gasteiger partial charge < -0.3 is 4.90 Å². The van der Waals surface area contributed by atoms with Crippen LogP contribution in [0.2, 0.25) is 0 Å². The molecule has 3 aromatic carbocycles. The van der Waals surface area contributed by atoms with Gasteiger partial charge in [-0.25, -0.2) is 0 Å². The lowest BCUT2D eigenvalue weighted by Gasteiger charge is -2.26. The van der Waals surface area contributed by atoms with Crippen molar-refractivity contribution in [2.75, 3.05) is 11.9 Å². The van der Waals surface area contributed by atoms with Crippen LogP contribution in [-0.4, -0.2) is 17.9 Å². The van der Waals surface area contributed by atoms with Gasteiger partial charge in [0.1, 0.15) is 0 Å². The third-order valence-corrected chi connectivity index (χ3v) is 6.35. The standard InChI is InChI=1S/C28H22F6N2O/c1-16-7-4-5-8-21(16)25-22-9-6-12-35-23(22)10-11-24(25)36(3)26(37)17(2)18-13-19(27(29,30)31)15-20(14-18)28(32,33)34/h4-15,17H,1-3H3. The van der Waals surface area contributed by atoms with Gasteiger partial charge in [-0.15, -0.1) is 0 Å². The zero-order valence-electron chi connectivity index (χ0n) is 20.1. The Kier molecular flexibility index (Phi) is 6.75. The number of carbonyl (C=O) groups excluding carboxylic acids is 1. The maximum atomic E-state index is 13.5. The van der Waals surface area contributed by atoms with Crippen LogP contribution >= 0.6 is 0 Å². The summed E-state index contributed by atoms with van der Waals surface area (Å²) in [6, 6.07) is 15.7. The van der Waals surface area contributed by atoms with E-state index in [1.54, 1.807) is 24.4 Å². The van der Waals surface area contributed by atoms with Crippen molar-refractivity contribution in [2.24, 2.45) is 0 Å². The van der Waals surface area contributed by atoms with Crippen LogP contribution in [0.5, 0.6) is 0 Å². The van der Waals surface area contributed by atoms with Gasteiger partial charge in [0, 0.05) is 24.2 Å². The van der Waals surface area contributed by atoms with E-state index in [1.807, 2.05) is 37.3 Å². The number of likely N-dealkylation sites (N-methyl/N-ethyl adjacent to an activating group) is 1. The first-order chi connectivity index (χ1) is 17.3. The molecule has 0 radical (unpaired) electrons. The Morgan fingerprint density at radius 1 is 0.865 bits per heavy atom. The van der Waals surface area contributed by atoms with Crippen LogP contribution < -0.4 is 4.90 Å². The molecule has 1 amide bonds. The smallest absolute Gasteiger partial charge is 0.314 e. The number of aromatic nitrogens is 1. The zero-order valence-corrected chi connectivity index (χ0v) is 20.1. The predicted octanol–water partition coefficient (Wildman–Crippen LogP) is 8.01. The molecule has 9 heteroatoms. The topological polar surface area (TPSA) is 33.2 Å². The number of hydrogen-bond donors (Lipinski definition) is 0. The first-order valence-corrected chi connectivity index (χ1v) is 11.3. The molecule has 1 unspecified atom stereocenters. The maximum Gasteiger partial charge on any atom is 0.416 e. The Hall–Kier alpha value is -3.88. The number of rotatable bonds is 4. The minimum Gasteiger partial charge on any atom is -0.314 e. The van der Waals surface area contributed by atoms with Crippen molar-refractivity contribution < 1.29 is 31.1 Å². The number of nitrogens with zero attached hydrogens (tertiary/aromatic N) is 2. The van der Waals surface area contributed by atoms with Crippen LogP contribution in [0.1, 0.15) is 35.1 Å². The number of alkyl halides is 6. The Morgan fingerprint density at radius 2 is 1.49 bits per heavy atom. The van der Waals surface area contributed by atoms with E-state index in [9.17, 15) is 31.1 Å². The summed E-state index contributed by atoms with van der Waals surface area (Å²) in [5.41, 5.74) is 0.254. The van der Waals surface area contributed by atoms with Crippen LogP contribution in [0.25, 0.3) is 22.0 Å². The van der Waals surface area contributed by atoms with Crippen molar-refractivity contribution in [3.05, 3.63) is 95.2 Å². The number of benzene rings is 3. The van der Waals surface area contributed by atoms with E-state index in [-0.39, 0.29) is 11.6 Å². The monoisotopic (exact) mass is 516 g/mol. The maximum absolute atomic E-state index is 13.5. The van der Waals surface area contributed by atoms with Gasteiger partial charge in [0.25, 0.3) is 0 Å². The number of aryl methyl sites for hydroxylation is 1. The molecular weight excluding hydrogens is 494 g/mol. The third-order valence-electron chi connectivity index (χ3n) is 6.35. The average molecular weight is 516 g/mol. The van der Waals surface area contributed by atoms with Crippen molar-refractivity contribution in [3.8, 4) is 11.1 Å². The fraction of sp³-hybridized carbons (Fsp3) is 0.214. The summed E-state index contributed by atoms with van der Waals surface area (Å²) in [7, 11) is 1.45. The molecule has 1 aromatic heterocycles. The highest BCUT2D eigenvalue weighted by Crippen LogP contribution is 2.41. The van der Waals surface area contributed by atoms with E-state index >= 15 is 0 Å². The van der Waals surface area contributed by atoms with Gasteiger partial charge in [-0.05, 0) is 66.9 Å². The molecule has 0 aliphatic rings. The Labute approximate surface area is 209 Å². The molecule has 0 N–H and O–H groups in total. The molecule has 4 aromatic rings. The van der Waals surface area contributed by atoms with Crippen molar-refractivity contribution in [1.29, 1.82) is 0 Å². The van der Waals surface area contributed by atoms with Gasteiger partial charge in [-0.2, -0.15) is 26.3 Å². The van der Waals surface area contributed by atoms with E-state index < -0.39 is 35.3 Å². The van der Waals surface area contributed by atoms with E-state index in [0.717, 1.165) is 16.5 Å². The summed E-state index contributed by atoms with van der Waals surface area (Å²) in [6.07, 6.45) is -8.38. The second-order valence-electron chi connectivity index (χ2n) is 8.80. The minimum absolute atomic E-state index is 0.0526. The van der Waals surface area contributed by atoms with Crippen LogP contribution in [0.15, 0.2) is 72.9 Å². The Bertz CT molecular complexity index is 1440.